The summed E-state index contributed by atoms with van der Waals surface area (Å²) in [5.41, 5.74) is 3.10. The number of methoxy groups -OCH3 is 1. The molecule has 1 N–H and O–H groups in total. The normalized spacial score (nSPS) is 27.1. The zero-order valence-electron chi connectivity index (χ0n) is 33.9. The first-order chi connectivity index (χ1) is 28.9. The fourth-order valence-electron chi connectivity index (χ4n) is 11.3. The Hall–Kier alpha value is -5.30. The van der Waals surface area contributed by atoms with Crippen LogP contribution in [0.15, 0.2) is 84.4 Å². The standard InChI is InChI=1S/C47H46ClN5O6S/c1-25-33-20-27(48)10-15-38(33)60-42(25)36-23-39(50(3)49-36)53-44(56)35-22-34-30(41(47(35,2)46(53)58)31-12-11-29(54)21-37(31)59-4)13-14-32-40(34)45(57)52(43(32)55)28-16-18-51(19-17-28)24-26-8-6-5-7-9-26/h5-13,15,20-21,23,28,32,34-35,40-41,54H,14,16-19,22,24H2,1-4H3/t32-,34+,35-,40-,41+,47+/m0/s1. The highest BCUT2D eigenvalue weighted by Gasteiger charge is 2.68. The monoisotopic (exact) mass is 843 g/mol. The second kappa shape index (κ2) is 14.4. The maximum absolute atomic E-state index is 15.3. The maximum atomic E-state index is 15.3. The van der Waals surface area contributed by atoms with Crippen LogP contribution in [0.4, 0.5) is 5.82 Å². The maximum Gasteiger partial charge on any atom is 0.242 e. The number of carbonyl (C=O) groups is 4. The molecule has 3 aliphatic heterocycles. The number of rotatable bonds is 7. The molecule has 60 heavy (non-hydrogen) atoms. The molecule has 5 heterocycles. The number of amides is 4. The fraction of sp³-hybridized carbons (Fsp3) is 0.383. The number of benzene rings is 3. The summed E-state index contributed by atoms with van der Waals surface area (Å²) in [4.78, 5) is 65.7. The van der Waals surface area contributed by atoms with Crippen molar-refractivity contribution in [2.24, 2.45) is 36.1 Å². The number of fused-ring (bicyclic) bond motifs is 5. The van der Waals surface area contributed by atoms with Gasteiger partial charge < -0.3 is 9.84 Å². The molecule has 11 nitrogen and oxygen atoms in total. The number of phenolic OH excluding ortho intramolecular Hbond substituents is 1. The van der Waals surface area contributed by atoms with E-state index in [-0.39, 0.29) is 41.8 Å². The van der Waals surface area contributed by atoms with Crippen LogP contribution in [0.1, 0.15) is 55.2 Å². The second-order valence-electron chi connectivity index (χ2n) is 17.3. The van der Waals surface area contributed by atoms with E-state index in [1.54, 1.807) is 46.2 Å². The van der Waals surface area contributed by atoms with Gasteiger partial charge in [-0.15, -0.1) is 11.3 Å². The molecule has 0 unspecified atom stereocenters. The van der Waals surface area contributed by atoms with Crippen LogP contribution >= 0.6 is 22.9 Å². The summed E-state index contributed by atoms with van der Waals surface area (Å²) in [5.74, 6) is -3.46. The van der Waals surface area contributed by atoms with E-state index in [1.807, 2.05) is 50.2 Å². The lowest BCUT2D eigenvalue weighted by Gasteiger charge is -2.49. The van der Waals surface area contributed by atoms with Crippen molar-refractivity contribution in [3.05, 3.63) is 106 Å². The molecule has 2 aromatic heterocycles. The minimum absolute atomic E-state index is 0.000967. The third-order valence-corrected chi connectivity index (χ3v) is 15.8. The number of phenols is 1. The number of likely N-dealkylation sites (tertiary alicyclic amines) is 2. The van der Waals surface area contributed by atoms with Gasteiger partial charge >= 0.3 is 0 Å². The van der Waals surface area contributed by atoms with Gasteiger partial charge in [0.15, 0.2) is 0 Å². The smallest absolute Gasteiger partial charge is 0.242 e. The van der Waals surface area contributed by atoms with Gasteiger partial charge in [-0.25, -0.2) is 4.90 Å². The van der Waals surface area contributed by atoms with E-state index in [1.165, 1.54) is 23.6 Å². The van der Waals surface area contributed by atoms with Crippen molar-refractivity contribution in [3.8, 4) is 22.1 Å². The first-order valence-electron chi connectivity index (χ1n) is 20.7. The number of carbonyl (C=O) groups excluding carboxylic acids is 4. The van der Waals surface area contributed by atoms with Crippen molar-refractivity contribution in [2.45, 2.75) is 58.0 Å². The minimum Gasteiger partial charge on any atom is -0.508 e. The number of aromatic hydroxyl groups is 1. The molecule has 3 aromatic carbocycles. The lowest BCUT2D eigenvalue weighted by atomic mass is 9.51. The first-order valence-corrected chi connectivity index (χ1v) is 21.9. The molecule has 2 aliphatic carbocycles. The first kappa shape index (κ1) is 38.9. The lowest BCUT2D eigenvalue weighted by Crippen LogP contribution is -2.49. The average Bonchev–Trinajstić information content (AvgIpc) is 3.91. The Morgan fingerprint density at radius 2 is 1.72 bits per heavy atom. The summed E-state index contributed by atoms with van der Waals surface area (Å²) in [6.45, 7) is 6.25. The quantitative estimate of drug-likeness (QED) is 0.130. The molecule has 1 saturated carbocycles. The number of aromatic nitrogens is 2. The van der Waals surface area contributed by atoms with Crippen LogP contribution in [-0.2, 0) is 32.8 Å². The summed E-state index contributed by atoms with van der Waals surface area (Å²) in [5, 5.41) is 17.0. The molecular formula is C47H46ClN5O6S. The Balaban J connectivity index is 1.00. The number of thiophene rings is 1. The number of ether oxygens (including phenoxy) is 1. The number of piperidine rings is 1. The molecule has 5 aliphatic rings. The molecular weight excluding hydrogens is 798 g/mol. The number of hydrogen-bond donors (Lipinski definition) is 1. The molecule has 0 spiro atoms. The van der Waals surface area contributed by atoms with Gasteiger partial charge in [-0.05, 0) is 86.2 Å². The molecule has 4 fully saturated rings. The van der Waals surface area contributed by atoms with Crippen LogP contribution in [0, 0.1) is 36.0 Å². The van der Waals surface area contributed by atoms with E-state index in [4.69, 9.17) is 21.4 Å². The van der Waals surface area contributed by atoms with Crippen LogP contribution in [0.2, 0.25) is 5.02 Å². The largest absolute Gasteiger partial charge is 0.508 e. The summed E-state index contributed by atoms with van der Waals surface area (Å²) >= 11 is 7.93. The van der Waals surface area contributed by atoms with Gasteiger partial charge in [0.25, 0.3) is 0 Å². The van der Waals surface area contributed by atoms with Crippen molar-refractivity contribution in [2.75, 3.05) is 25.1 Å². The van der Waals surface area contributed by atoms with Crippen molar-refractivity contribution in [1.29, 1.82) is 0 Å². The number of imide groups is 2. The fourth-order valence-corrected chi connectivity index (χ4v) is 12.6. The summed E-state index contributed by atoms with van der Waals surface area (Å²) in [6.07, 6.45) is 4.06. The topological polar surface area (TPSA) is 125 Å². The third kappa shape index (κ3) is 5.81. The van der Waals surface area contributed by atoms with Gasteiger partial charge in [-0.2, -0.15) is 5.10 Å². The van der Waals surface area contributed by atoms with Gasteiger partial charge in [0.1, 0.15) is 23.0 Å². The second-order valence-corrected chi connectivity index (χ2v) is 18.8. The zero-order chi connectivity index (χ0) is 41.8. The van der Waals surface area contributed by atoms with Crippen LogP contribution in [-0.4, -0.2) is 74.6 Å². The van der Waals surface area contributed by atoms with E-state index >= 15 is 9.59 Å². The lowest BCUT2D eigenvalue weighted by molar-refractivity contribution is -0.144. The number of halogens is 1. The predicted octanol–water partition coefficient (Wildman–Crippen LogP) is 7.87. The van der Waals surface area contributed by atoms with E-state index < -0.39 is 35.0 Å². The van der Waals surface area contributed by atoms with Gasteiger partial charge in [-0.1, -0.05) is 59.6 Å². The van der Waals surface area contributed by atoms with E-state index in [0.717, 1.165) is 45.7 Å². The highest BCUT2D eigenvalue weighted by atomic mass is 35.5. The molecule has 308 valence electrons. The highest BCUT2D eigenvalue weighted by molar-refractivity contribution is 7.22. The van der Waals surface area contributed by atoms with Crippen LogP contribution in [0.5, 0.6) is 11.5 Å². The zero-order valence-corrected chi connectivity index (χ0v) is 35.5. The van der Waals surface area contributed by atoms with E-state index in [2.05, 4.69) is 23.1 Å². The minimum atomic E-state index is -1.29. The molecule has 13 heteroatoms. The Kier molecular flexibility index (Phi) is 9.34. The molecule has 0 bridgehead atoms. The predicted molar refractivity (Wildman–Crippen MR) is 230 cm³/mol. The highest BCUT2D eigenvalue weighted by Crippen LogP contribution is 2.65. The van der Waals surface area contributed by atoms with Gasteiger partial charge in [0.2, 0.25) is 23.6 Å². The molecule has 6 atom stereocenters. The summed E-state index contributed by atoms with van der Waals surface area (Å²) in [7, 11) is 3.25. The van der Waals surface area contributed by atoms with Crippen LogP contribution < -0.4 is 9.64 Å². The Morgan fingerprint density at radius 3 is 2.47 bits per heavy atom. The Labute approximate surface area is 357 Å². The SMILES string of the molecule is COc1cc(O)ccc1[C@H]1C2=CC[C@@H]3C(=O)N(C4CCN(Cc5ccccc5)CC4)C(=O)[C@@H]3[C@@H]2C[C@H]2C(=O)N(c3cc(-c4sc5ccc(Cl)cc5c4C)nn3C)C(=O)[C@@]12C. The van der Waals surface area contributed by atoms with Crippen LogP contribution in [0.3, 0.4) is 0 Å². The van der Waals surface area contributed by atoms with Gasteiger partial charge in [-0.3, -0.25) is 33.7 Å². The number of aryl methyl sites for hydroxylation is 2. The van der Waals surface area contributed by atoms with Gasteiger partial charge in [0.05, 0.1) is 35.2 Å². The summed E-state index contributed by atoms with van der Waals surface area (Å²) < 4.78 is 8.50. The molecule has 5 aromatic rings. The van der Waals surface area contributed by atoms with Gasteiger partial charge in [0, 0.05) is 66.1 Å². The molecule has 0 radical (unpaired) electrons. The molecule has 3 saturated heterocycles. The van der Waals surface area contributed by atoms with Crippen molar-refractivity contribution in [3.63, 3.8) is 0 Å². The number of allylic oxidation sites excluding steroid dienone is 2. The molecule has 10 rings (SSSR count). The van der Waals surface area contributed by atoms with Crippen molar-refractivity contribution < 1.29 is 29.0 Å². The molecule has 4 amide bonds. The average molecular weight is 844 g/mol. The third-order valence-electron chi connectivity index (χ3n) is 14.2. The number of hydrogen-bond acceptors (Lipinski definition) is 9. The van der Waals surface area contributed by atoms with E-state index in [9.17, 15) is 14.7 Å². The summed E-state index contributed by atoms with van der Waals surface area (Å²) in [6, 6.07) is 22.5. The number of anilines is 1. The Morgan fingerprint density at radius 1 is 0.950 bits per heavy atom. The van der Waals surface area contributed by atoms with Crippen molar-refractivity contribution in [1.82, 2.24) is 19.6 Å². The van der Waals surface area contributed by atoms with E-state index in [0.29, 0.717) is 47.1 Å². The Bertz CT molecular complexity index is 2650. The van der Waals surface area contributed by atoms with Crippen LogP contribution in [0.25, 0.3) is 20.7 Å². The van der Waals surface area contributed by atoms with Crippen molar-refractivity contribution >= 4 is 62.5 Å². The number of nitrogens with zero attached hydrogens (tertiary/aromatic N) is 5.